The van der Waals surface area contributed by atoms with Crippen LogP contribution in [0.4, 0.5) is 0 Å². The van der Waals surface area contributed by atoms with Gasteiger partial charge in [0.05, 0.1) is 23.8 Å². The van der Waals surface area contributed by atoms with Gasteiger partial charge >= 0.3 is 0 Å². The molecule has 0 amide bonds. The van der Waals surface area contributed by atoms with Crippen molar-refractivity contribution < 1.29 is 0 Å². The van der Waals surface area contributed by atoms with E-state index in [-0.39, 0.29) is 11.1 Å². The molecule has 0 saturated heterocycles. The van der Waals surface area contributed by atoms with E-state index in [1.54, 1.807) is 6.07 Å². The molecule has 0 aromatic rings. The van der Waals surface area contributed by atoms with Gasteiger partial charge in [-0.1, -0.05) is 13.5 Å². The predicted molar refractivity (Wildman–Crippen MR) is 52.4 cm³/mol. The van der Waals surface area contributed by atoms with Crippen molar-refractivity contribution in [3.8, 4) is 18.2 Å². The molecule has 0 aromatic heterocycles. The number of rotatable bonds is 3. The van der Waals surface area contributed by atoms with Gasteiger partial charge in [-0.2, -0.15) is 15.8 Å². The number of nitriles is 3. The molecule has 0 N–H and O–H groups in total. The third-order valence-electron chi connectivity index (χ3n) is 1.46. The highest BCUT2D eigenvalue weighted by Crippen LogP contribution is 2.07. The minimum atomic E-state index is 0.200. The van der Waals surface area contributed by atoms with E-state index in [9.17, 15) is 0 Å². The number of hydrogen-bond acceptors (Lipinski definition) is 3. The van der Waals surface area contributed by atoms with E-state index >= 15 is 0 Å². The molecular weight excluding hydrogens is 174 g/mol. The largest absolute Gasteiger partial charge is 0.193 e. The Labute approximate surface area is 83.5 Å². The Morgan fingerprint density at radius 1 is 1.14 bits per heavy atom. The van der Waals surface area contributed by atoms with E-state index < -0.39 is 0 Å². The van der Waals surface area contributed by atoms with Gasteiger partial charge in [0.1, 0.15) is 0 Å². The summed E-state index contributed by atoms with van der Waals surface area (Å²) in [4.78, 5) is 0. The highest BCUT2D eigenvalue weighted by atomic mass is 14.3. The van der Waals surface area contributed by atoms with Crippen LogP contribution < -0.4 is 0 Å². The second-order valence-electron chi connectivity index (χ2n) is 2.48. The van der Waals surface area contributed by atoms with E-state index in [1.807, 2.05) is 19.1 Å². The van der Waals surface area contributed by atoms with Crippen molar-refractivity contribution in [3.05, 3.63) is 35.5 Å². The van der Waals surface area contributed by atoms with Gasteiger partial charge in [0, 0.05) is 11.1 Å². The van der Waals surface area contributed by atoms with Crippen LogP contribution in [-0.4, -0.2) is 0 Å². The van der Waals surface area contributed by atoms with Crippen molar-refractivity contribution in [3.63, 3.8) is 0 Å². The Morgan fingerprint density at radius 2 is 1.79 bits per heavy atom. The van der Waals surface area contributed by atoms with Crippen LogP contribution in [0, 0.1) is 34.0 Å². The van der Waals surface area contributed by atoms with Gasteiger partial charge in [0.15, 0.2) is 0 Å². The molecule has 0 heterocycles. The Bertz CT molecular complexity index is 405. The molecule has 14 heavy (non-hydrogen) atoms. The first-order valence-electron chi connectivity index (χ1n) is 3.99. The van der Waals surface area contributed by atoms with Gasteiger partial charge in [-0.25, -0.2) is 0 Å². The average molecular weight is 183 g/mol. The third-order valence-corrected chi connectivity index (χ3v) is 1.46. The molecule has 0 aliphatic rings. The van der Waals surface area contributed by atoms with Gasteiger partial charge in [0.25, 0.3) is 0 Å². The van der Waals surface area contributed by atoms with Gasteiger partial charge < -0.3 is 0 Å². The summed E-state index contributed by atoms with van der Waals surface area (Å²) in [6.07, 6.45) is 3.38. The van der Waals surface area contributed by atoms with Crippen molar-refractivity contribution >= 4 is 0 Å². The first-order chi connectivity index (χ1) is 6.67. The first-order valence-corrected chi connectivity index (χ1v) is 3.99. The van der Waals surface area contributed by atoms with Crippen LogP contribution in [0.25, 0.3) is 0 Å². The van der Waals surface area contributed by atoms with Gasteiger partial charge in [-0.3, -0.25) is 0 Å². The third kappa shape index (κ3) is 3.90. The maximum Gasteiger partial charge on any atom is 0.0992 e. The van der Waals surface area contributed by atoms with Gasteiger partial charge in [-0.05, 0) is 18.6 Å². The lowest BCUT2D eigenvalue weighted by Crippen LogP contribution is -1.80. The molecule has 68 valence electrons. The molecule has 0 aromatic carbocycles. The van der Waals surface area contributed by atoms with Gasteiger partial charge in [0.2, 0.25) is 0 Å². The van der Waals surface area contributed by atoms with E-state index in [4.69, 9.17) is 15.8 Å². The summed E-state index contributed by atoms with van der Waals surface area (Å²) < 4.78 is 0. The molecule has 0 rings (SSSR count). The molecule has 0 radical (unpaired) electrons. The number of allylic oxidation sites excluding steroid dienone is 5. The highest BCUT2D eigenvalue weighted by molar-refractivity contribution is 5.46. The van der Waals surface area contributed by atoms with Crippen molar-refractivity contribution in [2.75, 3.05) is 0 Å². The zero-order valence-electron chi connectivity index (χ0n) is 7.91. The SMILES string of the molecule is C=C(C#N)/C=C(C#N)/C=C(\C#N)CC. The van der Waals surface area contributed by atoms with Crippen LogP contribution in [0.1, 0.15) is 13.3 Å². The maximum absolute atomic E-state index is 8.69. The van der Waals surface area contributed by atoms with Crippen LogP contribution >= 0.6 is 0 Å². The van der Waals surface area contributed by atoms with Crippen LogP contribution in [0.15, 0.2) is 35.5 Å². The standard InChI is InChI=1S/C11H9N3/c1-3-10(7-13)5-11(8-14)4-9(2)6-12/h4-5H,2-3H2,1H3/b10-5-,11-4-. The quantitative estimate of drug-likeness (QED) is 0.498. The minimum absolute atomic E-state index is 0.200. The van der Waals surface area contributed by atoms with Crippen LogP contribution in [-0.2, 0) is 0 Å². The summed E-state index contributed by atoms with van der Waals surface area (Å²) >= 11 is 0. The minimum Gasteiger partial charge on any atom is -0.193 e. The Hall–Kier alpha value is -2.31. The van der Waals surface area contributed by atoms with Crippen LogP contribution in [0.2, 0.25) is 0 Å². The second-order valence-corrected chi connectivity index (χ2v) is 2.48. The van der Waals surface area contributed by atoms with E-state index in [1.165, 1.54) is 12.2 Å². The number of nitrogens with zero attached hydrogens (tertiary/aromatic N) is 3. The fourth-order valence-electron chi connectivity index (χ4n) is 0.727. The summed E-state index contributed by atoms with van der Waals surface area (Å²) in [5.74, 6) is 0. The topological polar surface area (TPSA) is 71.4 Å². The highest BCUT2D eigenvalue weighted by Gasteiger charge is 1.96. The second kappa shape index (κ2) is 6.23. The normalized spacial score (nSPS) is 11.0. The molecule has 0 fully saturated rings. The molecule has 0 aliphatic heterocycles. The lowest BCUT2D eigenvalue weighted by atomic mass is 10.1. The first kappa shape index (κ1) is 11.7. The Morgan fingerprint density at radius 3 is 2.14 bits per heavy atom. The smallest absolute Gasteiger partial charge is 0.0992 e. The van der Waals surface area contributed by atoms with Crippen LogP contribution in [0.5, 0.6) is 0 Å². The Balaban J connectivity index is 4.99. The summed E-state index contributed by atoms with van der Waals surface area (Å²) in [6.45, 7) is 5.24. The fraction of sp³-hybridized carbons (Fsp3) is 0.182. The molecular formula is C11H9N3. The summed E-state index contributed by atoms with van der Waals surface area (Å²) in [5.41, 5.74) is 0.977. The van der Waals surface area contributed by atoms with Crippen molar-refractivity contribution in [2.24, 2.45) is 0 Å². The zero-order valence-corrected chi connectivity index (χ0v) is 7.91. The predicted octanol–water partition coefficient (Wildman–Crippen LogP) is 2.38. The lowest BCUT2D eigenvalue weighted by Gasteiger charge is -1.91. The average Bonchev–Trinajstić information content (AvgIpc) is 2.23. The monoisotopic (exact) mass is 183 g/mol. The fourth-order valence-corrected chi connectivity index (χ4v) is 0.727. The lowest BCUT2D eigenvalue weighted by molar-refractivity contribution is 1.15. The van der Waals surface area contributed by atoms with Crippen molar-refractivity contribution in [1.29, 1.82) is 15.8 Å². The molecule has 0 aliphatic carbocycles. The van der Waals surface area contributed by atoms with E-state index in [0.717, 1.165) is 0 Å². The molecule has 0 atom stereocenters. The molecule has 3 heteroatoms. The van der Waals surface area contributed by atoms with Gasteiger partial charge in [-0.15, -0.1) is 0 Å². The molecule has 0 bridgehead atoms. The molecule has 0 saturated carbocycles. The van der Waals surface area contributed by atoms with Crippen molar-refractivity contribution in [1.82, 2.24) is 0 Å². The Kier molecular flexibility index (Phi) is 5.20. The van der Waals surface area contributed by atoms with E-state index in [2.05, 4.69) is 6.58 Å². The molecule has 3 nitrogen and oxygen atoms in total. The van der Waals surface area contributed by atoms with E-state index in [0.29, 0.717) is 12.0 Å². The molecule has 0 unspecified atom stereocenters. The summed E-state index contributed by atoms with van der Waals surface area (Å²) in [5, 5.41) is 25.7. The summed E-state index contributed by atoms with van der Waals surface area (Å²) in [7, 11) is 0. The zero-order chi connectivity index (χ0) is 11.0. The summed E-state index contributed by atoms with van der Waals surface area (Å²) in [6, 6.07) is 5.66. The number of hydrogen-bond donors (Lipinski definition) is 0. The molecule has 0 spiro atoms. The van der Waals surface area contributed by atoms with Crippen LogP contribution in [0.3, 0.4) is 0 Å². The maximum atomic E-state index is 8.69. The van der Waals surface area contributed by atoms with Crippen molar-refractivity contribution in [2.45, 2.75) is 13.3 Å².